The van der Waals surface area contributed by atoms with Gasteiger partial charge in [-0.15, -0.1) is 0 Å². The molecule has 1 saturated heterocycles. The van der Waals surface area contributed by atoms with E-state index in [1.165, 1.54) is 5.69 Å². The molecule has 4 aromatic rings. The normalized spacial score (nSPS) is 15.6. The smallest absolute Gasteiger partial charge is 0.186 e. The first-order valence-electron chi connectivity index (χ1n) is 11.0. The first-order chi connectivity index (χ1) is 15.7. The molecule has 1 aromatic heterocycles. The maximum atomic E-state index is 13.9. The number of methoxy groups -OCH3 is 1. The van der Waals surface area contributed by atoms with E-state index in [9.17, 15) is 4.79 Å². The van der Waals surface area contributed by atoms with E-state index in [-0.39, 0.29) is 11.8 Å². The predicted octanol–water partition coefficient (Wildman–Crippen LogP) is 4.92. The molecule has 0 aliphatic carbocycles. The lowest BCUT2D eigenvalue weighted by Crippen LogP contribution is -2.49. The van der Waals surface area contributed by atoms with Crippen LogP contribution in [-0.4, -0.2) is 49.0 Å². The van der Waals surface area contributed by atoms with Crippen LogP contribution in [0.2, 0.25) is 0 Å². The number of fused-ring (bicyclic) bond motifs is 1. The van der Waals surface area contributed by atoms with Crippen molar-refractivity contribution in [3.8, 4) is 5.75 Å². The number of nitrogens with one attached hydrogen (secondary N) is 1. The molecule has 162 valence electrons. The Morgan fingerprint density at radius 1 is 0.875 bits per heavy atom. The fourth-order valence-electron chi connectivity index (χ4n) is 4.62. The Bertz CT molecular complexity index is 1190. The van der Waals surface area contributed by atoms with Crippen LogP contribution in [0.4, 0.5) is 5.69 Å². The third-order valence-corrected chi connectivity index (χ3v) is 6.34. The highest BCUT2D eigenvalue weighted by atomic mass is 16.5. The van der Waals surface area contributed by atoms with Crippen molar-refractivity contribution in [2.75, 3.05) is 38.2 Å². The molecular weight excluding hydrogens is 398 g/mol. The average Bonchev–Trinajstić information content (AvgIpc) is 3.30. The third kappa shape index (κ3) is 3.87. The number of hydrogen-bond acceptors (Lipinski definition) is 4. The molecule has 5 nitrogen and oxygen atoms in total. The number of rotatable bonds is 6. The van der Waals surface area contributed by atoms with E-state index in [2.05, 4.69) is 39.0 Å². The summed E-state index contributed by atoms with van der Waals surface area (Å²) in [5.74, 6) is 1.01. The Labute approximate surface area is 188 Å². The highest BCUT2D eigenvalue weighted by Crippen LogP contribution is 2.30. The number of carbonyl (C=O) groups is 1. The summed E-state index contributed by atoms with van der Waals surface area (Å²) in [6.45, 7) is 3.38. The lowest BCUT2D eigenvalue weighted by atomic mass is 9.95. The van der Waals surface area contributed by atoms with Crippen molar-refractivity contribution in [3.63, 3.8) is 0 Å². The molecule has 0 amide bonds. The van der Waals surface area contributed by atoms with E-state index in [0.717, 1.165) is 54.0 Å². The summed E-state index contributed by atoms with van der Waals surface area (Å²) in [6.07, 6.45) is 1.86. The van der Waals surface area contributed by atoms with E-state index >= 15 is 0 Å². The Hall–Kier alpha value is -3.57. The molecule has 5 rings (SSSR count). The van der Waals surface area contributed by atoms with Crippen LogP contribution >= 0.6 is 0 Å². The summed E-state index contributed by atoms with van der Waals surface area (Å²) in [5.41, 5.74) is 3.98. The van der Waals surface area contributed by atoms with Crippen LogP contribution in [-0.2, 0) is 0 Å². The van der Waals surface area contributed by atoms with Crippen LogP contribution in [0.1, 0.15) is 22.0 Å². The lowest BCUT2D eigenvalue weighted by Gasteiger charge is -2.39. The highest BCUT2D eigenvalue weighted by Gasteiger charge is 2.32. The topological polar surface area (TPSA) is 48.6 Å². The number of para-hydroxylation sites is 1. The number of H-pyrrole nitrogens is 1. The second kappa shape index (κ2) is 8.89. The van der Waals surface area contributed by atoms with Gasteiger partial charge >= 0.3 is 0 Å². The van der Waals surface area contributed by atoms with E-state index in [0.29, 0.717) is 0 Å². The van der Waals surface area contributed by atoms with Gasteiger partial charge in [0.2, 0.25) is 0 Å². The average molecular weight is 426 g/mol. The van der Waals surface area contributed by atoms with Crippen LogP contribution in [0, 0.1) is 0 Å². The van der Waals surface area contributed by atoms with Crippen molar-refractivity contribution in [1.82, 2.24) is 9.88 Å². The molecule has 1 atom stereocenters. The van der Waals surface area contributed by atoms with E-state index in [1.807, 2.05) is 60.8 Å². The number of aromatic nitrogens is 1. The molecule has 1 aliphatic heterocycles. The Balaban J connectivity index is 1.40. The van der Waals surface area contributed by atoms with Gasteiger partial charge in [0, 0.05) is 54.5 Å². The molecule has 0 spiro atoms. The highest BCUT2D eigenvalue weighted by molar-refractivity contribution is 6.10. The van der Waals surface area contributed by atoms with Gasteiger partial charge in [0.1, 0.15) is 5.75 Å². The second-order valence-corrected chi connectivity index (χ2v) is 8.15. The summed E-state index contributed by atoms with van der Waals surface area (Å²) in [7, 11) is 1.68. The molecule has 0 unspecified atom stereocenters. The zero-order valence-corrected chi connectivity index (χ0v) is 18.2. The molecule has 5 heteroatoms. The molecule has 3 aromatic carbocycles. The Morgan fingerprint density at radius 2 is 1.56 bits per heavy atom. The third-order valence-electron chi connectivity index (χ3n) is 6.34. The van der Waals surface area contributed by atoms with Gasteiger partial charge < -0.3 is 14.6 Å². The molecule has 0 saturated carbocycles. The summed E-state index contributed by atoms with van der Waals surface area (Å²) in [5, 5.41) is 0.982. The Kier molecular flexibility index (Phi) is 5.65. The van der Waals surface area contributed by atoms with Gasteiger partial charge in [-0.1, -0.05) is 48.5 Å². The van der Waals surface area contributed by atoms with Crippen LogP contribution in [0.5, 0.6) is 5.75 Å². The number of anilines is 1. The van der Waals surface area contributed by atoms with Crippen LogP contribution in [0.3, 0.4) is 0 Å². The van der Waals surface area contributed by atoms with Gasteiger partial charge in [0.25, 0.3) is 0 Å². The standard InChI is InChI=1S/C27H27N3O2/c1-32-22-13-11-21(12-14-22)29-15-17-30(18-16-29)26(20-7-3-2-4-8-20)27(31)24-19-28-25-10-6-5-9-23(24)25/h2-14,19,26,28H,15-18H2,1H3/t26-/m0/s1. The number of benzene rings is 3. The van der Waals surface area contributed by atoms with Crippen molar-refractivity contribution in [1.29, 1.82) is 0 Å². The van der Waals surface area contributed by atoms with Gasteiger partial charge in [0.15, 0.2) is 5.78 Å². The van der Waals surface area contributed by atoms with Crippen LogP contribution in [0.15, 0.2) is 85.1 Å². The first-order valence-corrected chi connectivity index (χ1v) is 11.0. The molecule has 0 bridgehead atoms. The van der Waals surface area contributed by atoms with Crippen molar-refractivity contribution >= 4 is 22.4 Å². The molecule has 32 heavy (non-hydrogen) atoms. The van der Waals surface area contributed by atoms with Crippen molar-refractivity contribution in [3.05, 3.63) is 96.2 Å². The summed E-state index contributed by atoms with van der Waals surface area (Å²) in [6, 6.07) is 26.0. The Morgan fingerprint density at radius 3 is 2.28 bits per heavy atom. The van der Waals surface area contributed by atoms with E-state index in [4.69, 9.17) is 4.74 Å². The van der Waals surface area contributed by atoms with Gasteiger partial charge in [-0.3, -0.25) is 9.69 Å². The SMILES string of the molecule is COc1ccc(N2CCN([C@H](C(=O)c3c[nH]c4ccccc34)c3ccccc3)CC2)cc1. The van der Waals surface area contributed by atoms with E-state index in [1.54, 1.807) is 7.11 Å². The van der Waals surface area contributed by atoms with Crippen molar-refractivity contribution < 1.29 is 9.53 Å². The van der Waals surface area contributed by atoms with Gasteiger partial charge in [-0.05, 0) is 35.9 Å². The van der Waals surface area contributed by atoms with E-state index < -0.39 is 0 Å². The summed E-state index contributed by atoms with van der Waals surface area (Å²) in [4.78, 5) is 21.8. The monoisotopic (exact) mass is 425 g/mol. The number of carbonyl (C=O) groups excluding carboxylic acids is 1. The summed E-state index contributed by atoms with van der Waals surface area (Å²) < 4.78 is 5.28. The maximum Gasteiger partial charge on any atom is 0.186 e. The van der Waals surface area contributed by atoms with Crippen molar-refractivity contribution in [2.24, 2.45) is 0 Å². The molecule has 1 aliphatic rings. The molecule has 1 fully saturated rings. The number of aromatic amines is 1. The van der Waals surface area contributed by atoms with Gasteiger partial charge in [0.05, 0.1) is 13.2 Å². The molecule has 0 radical (unpaired) electrons. The van der Waals surface area contributed by atoms with Gasteiger partial charge in [-0.25, -0.2) is 0 Å². The fourth-order valence-corrected chi connectivity index (χ4v) is 4.62. The largest absolute Gasteiger partial charge is 0.497 e. The lowest BCUT2D eigenvalue weighted by molar-refractivity contribution is 0.0808. The number of ether oxygens (including phenoxy) is 1. The van der Waals surface area contributed by atoms with Crippen LogP contribution in [0.25, 0.3) is 10.9 Å². The number of hydrogen-bond donors (Lipinski definition) is 1. The molecular formula is C27H27N3O2. The molecule has 2 heterocycles. The number of nitrogens with zero attached hydrogens (tertiary/aromatic N) is 2. The van der Waals surface area contributed by atoms with Gasteiger partial charge in [-0.2, -0.15) is 0 Å². The van der Waals surface area contributed by atoms with Crippen molar-refractivity contribution in [2.45, 2.75) is 6.04 Å². The first kappa shape index (κ1) is 20.3. The minimum atomic E-state index is -0.298. The number of Topliss-reactive ketones (excluding diaryl/α,β-unsaturated/α-hetero) is 1. The zero-order chi connectivity index (χ0) is 21.9. The minimum Gasteiger partial charge on any atom is -0.497 e. The predicted molar refractivity (Wildman–Crippen MR) is 129 cm³/mol. The molecule has 1 N–H and O–H groups in total. The maximum absolute atomic E-state index is 13.9. The zero-order valence-electron chi connectivity index (χ0n) is 18.2. The summed E-state index contributed by atoms with van der Waals surface area (Å²) >= 11 is 0. The quantitative estimate of drug-likeness (QED) is 0.446. The number of piperazine rings is 1. The second-order valence-electron chi connectivity index (χ2n) is 8.15. The minimum absolute atomic E-state index is 0.145. The van der Waals surface area contributed by atoms with Crippen LogP contribution < -0.4 is 9.64 Å². The fraction of sp³-hybridized carbons (Fsp3) is 0.222. The number of ketones is 1.